The van der Waals surface area contributed by atoms with Crippen LogP contribution in [-0.2, 0) is 4.74 Å². The van der Waals surface area contributed by atoms with Gasteiger partial charge in [0, 0.05) is 54.9 Å². The van der Waals surface area contributed by atoms with Crippen molar-refractivity contribution in [2.45, 2.75) is 32.8 Å². The average molecular weight is 569 g/mol. The third-order valence-electron chi connectivity index (χ3n) is 6.70. The molecule has 0 bridgehead atoms. The Hall–Kier alpha value is -3.22. The number of aliphatic hydroxyl groups is 1. The number of anilines is 3. The summed E-state index contributed by atoms with van der Waals surface area (Å²) in [6.07, 6.45) is 1.04. The molecule has 1 amide bonds. The zero-order valence-corrected chi connectivity index (χ0v) is 23.7. The highest BCUT2D eigenvalue weighted by atomic mass is 32.2. The van der Waals surface area contributed by atoms with Crippen molar-refractivity contribution in [1.29, 1.82) is 0 Å². The summed E-state index contributed by atoms with van der Waals surface area (Å²) in [4.78, 5) is 43.6. The molecular formula is C27H32N6O4S2. The third kappa shape index (κ3) is 6.51. The summed E-state index contributed by atoms with van der Waals surface area (Å²) in [5.41, 5.74) is 2.79. The summed E-state index contributed by atoms with van der Waals surface area (Å²) in [5.74, 6) is 2.67. The lowest BCUT2D eigenvalue weighted by Crippen LogP contribution is -2.37. The molecule has 2 aliphatic rings. The van der Waals surface area contributed by atoms with Gasteiger partial charge in [-0.1, -0.05) is 23.5 Å². The molecule has 2 aliphatic heterocycles. The molecule has 0 atom stereocenters. The number of amides is 1. The quantitative estimate of drug-likeness (QED) is 0.405. The zero-order chi connectivity index (χ0) is 27.4. The van der Waals surface area contributed by atoms with Crippen LogP contribution < -0.4 is 10.2 Å². The van der Waals surface area contributed by atoms with Gasteiger partial charge >= 0.3 is 5.97 Å². The van der Waals surface area contributed by atoms with Gasteiger partial charge < -0.3 is 19.6 Å². The summed E-state index contributed by atoms with van der Waals surface area (Å²) in [6.45, 7) is 6.73. The molecule has 2 saturated heterocycles. The van der Waals surface area contributed by atoms with E-state index in [-0.39, 0.29) is 12.0 Å². The van der Waals surface area contributed by atoms with Crippen molar-refractivity contribution in [1.82, 2.24) is 19.9 Å². The standard InChI is InChI=1S/C27H32N6O4S2/c1-3-37-25(36)23-17(2)28-27(39-23)31-26-29-21(16-22(30-26)32-10-8-20(34)9-11-32)18-4-6-19(7-5-18)24(35)33-12-14-38-15-13-33/h4-7,16,20,34H,3,8-15H2,1-2H3,(H,28,29,30,31). The van der Waals surface area contributed by atoms with Crippen LogP contribution in [0.2, 0.25) is 0 Å². The Bertz CT molecular complexity index is 1320. The summed E-state index contributed by atoms with van der Waals surface area (Å²) < 4.78 is 5.14. The molecule has 39 heavy (non-hydrogen) atoms. The number of carbonyl (C=O) groups is 2. The Morgan fingerprint density at radius 1 is 1.08 bits per heavy atom. The highest BCUT2D eigenvalue weighted by molar-refractivity contribution is 7.99. The van der Waals surface area contributed by atoms with Crippen molar-refractivity contribution in [2.75, 3.05) is 54.5 Å². The largest absolute Gasteiger partial charge is 0.462 e. The molecule has 1 aromatic carbocycles. The number of nitrogens with zero attached hydrogens (tertiary/aromatic N) is 5. The fourth-order valence-electron chi connectivity index (χ4n) is 4.56. The normalized spacial score (nSPS) is 16.3. The van der Waals surface area contributed by atoms with Gasteiger partial charge in [-0.15, -0.1) is 0 Å². The molecular weight excluding hydrogens is 536 g/mol. The first-order valence-corrected chi connectivity index (χ1v) is 15.1. The maximum Gasteiger partial charge on any atom is 0.350 e. The lowest BCUT2D eigenvalue weighted by atomic mass is 10.1. The Labute approximate surface area is 235 Å². The average Bonchev–Trinajstić information content (AvgIpc) is 3.33. The predicted octanol–water partition coefficient (Wildman–Crippen LogP) is 3.98. The van der Waals surface area contributed by atoms with E-state index in [9.17, 15) is 14.7 Å². The van der Waals surface area contributed by atoms with Crippen molar-refractivity contribution in [3.63, 3.8) is 0 Å². The second-order valence-corrected chi connectivity index (χ2v) is 11.6. The van der Waals surface area contributed by atoms with Gasteiger partial charge in [-0.3, -0.25) is 10.1 Å². The lowest BCUT2D eigenvalue weighted by Gasteiger charge is -2.30. The van der Waals surface area contributed by atoms with E-state index < -0.39 is 5.97 Å². The van der Waals surface area contributed by atoms with E-state index in [0.717, 1.165) is 36.0 Å². The minimum atomic E-state index is -0.402. The third-order valence-corrected chi connectivity index (χ3v) is 8.70. The van der Waals surface area contributed by atoms with Gasteiger partial charge in [-0.25, -0.2) is 14.8 Å². The Morgan fingerprint density at radius 3 is 2.49 bits per heavy atom. The van der Waals surface area contributed by atoms with Crippen molar-refractivity contribution in [3.8, 4) is 11.3 Å². The number of ether oxygens (including phenoxy) is 1. The number of benzene rings is 1. The van der Waals surface area contributed by atoms with Crippen LogP contribution in [0.3, 0.4) is 0 Å². The number of thiazole rings is 1. The number of hydrogen-bond donors (Lipinski definition) is 2. The van der Waals surface area contributed by atoms with Crippen LogP contribution in [0, 0.1) is 6.92 Å². The number of aliphatic hydroxyl groups excluding tert-OH is 1. The van der Waals surface area contributed by atoms with Crippen molar-refractivity contribution < 1.29 is 19.4 Å². The van der Waals surface area contributed by atoms with Crippen LogP contribution >= 0.6 is 23.1 Å². The van der Waals surface area contributed by atoms with Crippen molar-refractivity contribution >= 4 is 51.9 Å². The van der Waals surface area contributed by atoms with Gasteiger partial charge in [0.1, 0.15) is 10.7 Å². The van der Waals surface area contributed by atoms with E-state index in [1.165, 1.54) is 11.3 Å². The number of esters is 1. The van der Waals surface area contributed by atoms with E-state index in [1.54, 1.807) is 13.8 Å². The van der Waals surface area contributed by atoms with E-state index in [4.69, 9.17) is 14.7 Å². The van der Waals surface area contributed by atoms with Gasteiger partial charge in [-0.05, 0) is 38.8 Å². The molecule has 206 valence electrons. The molecule has 0 aliphatic carbocycles. The first-order valence-electron chi connectivity index (χ1n) is 13.1. The van der Waals surface area contributed by atoms with Crippen LogP contribution in [0.25, 0.3) is 11.3 Å². The van der Waals surface area contributed by atoms with Gasteiger partial charge in [0.15, 0.2) is 5.13 Å². The highest BCUT2D eigenvalue weighted by Crippen LogP contribution is 2.30. The second-order valence-electron chi connectivity index (χ2n) is 9.41. The number of aromatic nitrogens is 3. The molecule has 0 spiro atoms. The van der Waals surface area contributed by atoms with E-state index >= 15 is 0 Å². The van der Waals surface area contributed by atoms with Crippen LogP contribution in [0.5, 0.6) is 0 Å². The minimum Gasteiger partial charge on any atom is -0.462 e. The topological polar surface area (TPSA) is 121 Å². The van der Waals surface area contributed by atoms with Crippen LogP contribution in [-0.4, -0.2) is 87.2 Å². The minimum absolute atomic E-state index is 0.0519. The first-order chi connectivity index (χ1) is 18.9. The number of carbonyl (C=O) groups excluding carboxylic acids is 2. The zero-order valence-electron chi connectivity index (χ0n) is 22.1. The lowest BCUT2D eigenvalue weighted by molar-refractivity contribution is 0.0530. The first kappa shape index (κ1) is 27.4. The summed E-state index contributed by atoms with van der Waals surface area (Å²) in [6, 6.07) is 9.45. The highest BCUT2D eigenvalue weighted by Gasteiger charge is 2.22. The molecule has 0 radical (unpaired) electrons. The Kier molecular flexibility index (Phi) is 8.63. The summed E-state index contributed by atoms with van der Waals surface area (Å²) in [7, 11) is 0. The van der Waals surface area contributed by atoms with Crippen LogP contribution in [0.1, 0.15) is 45.5 Å². The van der Waals surface area contributed by atoms with Crippen molar-refractivity contribution in [3.05, 3.63) is 46.5 Å². The van der Waals surface area contributed by atoms with E-state index in [0.29, 0.717) is 65.4 Å². The molecule has 10 nitrogen and oxygen atoms in total. The molecule has 5 rings (SSSR count). The molecule has 4 heterocycles. The predicted molar refractivity (Wildman–Crippen MR) is 154 cm³/mol. The van der Waals surface area contributed by atoms with E-state index in [2.05, 4.69) is 15.2 Å². The number of thioether (sulfide) groups is 1. The SMILES string of the molecule is CCOC(=O)c1sc(Nc2nc(-c3ccc(C(=O)N4CCSCC4)cc3)cc(N3CCC(O)CC3)n2)nc1C. The van der Waals surface area contributed by atoms with Gasteiger partial charge in [0.2, 0.25) is 5.95 Å². The van der Waals surface area contributed by atoms with Crippen molar-refractivity contribution in [2.24, 2.45) is 0 Å². The molecule has 3 aromatic rings. The second kappa shape index (κ2) is 12.3. The monoisotopic (exact) mass is 568 g/mol. The molecule has 12 heteroatoms. The smallest absolute Gasteiger partial charge is 0.350 e. The fourth-order valence-corrected chi connectivity index (χ4v) is 6.32. The molecule has 0 unspecified atom stereocenters. The summed E-state index contributed by atoms with van der Waals surface area (Å²) in [5, 5.41) is 13.6. The number of nitrogens with one attached hydrogen (secondary N) is 1. The van der Waals surface area contributed by atoms with Gasteiger partial charge in [-0.2, -0.15) is 16.7 Å². The number of hydrogen-bond acceptors (Lipinski definition) is 11. The number of piperidine rings is 1. The van der Waals surface area contributed by atoms with Gasteiger partial charge in [0.05, 0.1) is 24.1 Å². The Morgan fingerprint density at radius 2 is 1.79 bits per heavy atom. The molecule has 2 aromatic heterocycles. The Balaban J connectivity index is 1.43. The molecule has 0 saturated carbocycles. The maximum atomic E-state index is 12.9. The molecule has 2 fully saturated rings. The maximum absolute atomic E-state index is 12.9. The fraction of sp³-hybridized carbons (Fsp3) is 0.444. The van der Waals surface area contributed by atoms with Gasteiger partial charge in [0.25, 0.3) is 5.91 Å². The summed E-state index contributed by atoms with van der Waals surface area (Å²) >= 11 is 3.07. The van der Waals surface area contributed by atoms with Crippen LogP contribution in [0.15, 0.2) is 30.3 Å². The number of aryl methyl sites for hydroxylation is 1. The van der Waals surface area contributed by atoms with Crippen LogP contribution in [0.4, 0.5) is 16.9 Å². The van der Waals surface area contributed by atoms with E-state index in [1.807, 2.05) is 47.0 Å². The number of rotatable bonds is 7. The molecule has 2 N–H and O–H groups in total.